The van der Waals surface area contributed by atoms with Gasteiger partial charge in [-0.2, -0.15) is 0 Å². The highest BCUT2D eigenvalue weighted by Crippen LogP contribution is 2.28. The summed E-state index contributed by atoms with van der Waals surface area (Å²) in [7, 11) is 0. The number of amides is 1. The van der Waals surface area contributed by atoms with Gasteiger partial charge in [0.25, 0.3) is 5.91 Å². The zero-order chi connectivity index (χ0) is 14.3. The molecule has 1 aliphatic rings. The largest absolute Gasteiger partial charge is 0.478 e. The highest BCUT2D eigenvalue weighted by Gasteiger charge is 2.25. The molecule has 0 spiro atoms. The molecular formula is C14H10ClNO3S. The number of carboxylic acid groups (broad SMARTS) is 1. The molecule has 0 bridgehead atoms. The van der Waals surface area contributed by atoms with Gasteiger partial charge in [-0.3, -0.25) is 4.79 Å². The minimum atomic E-state index is -0.956. The Morgan fingerprint density at radius 3 is 2.55 bits per heavy atom. The molecule has 1 aromatic heterocycles. The number of carboxylic acids is 1. The Bertz CT molecular complexity index is 710. The molecule has 0 saturated carbocycles. The third kappa shape index (κ3) is 2.30. The first-order valence-corrected chi connectivity index (χ1v) is 7.14. The maximum absolute atomic E-state index is 12.3. The zero-order valence-corrected chi connectivity index (χ0v) is 11.9. The van der Waals surface area contributed by atoms with E-state index in [4.69, 9.17) is 16.7 Å². The first kappa shape index (κ1) is 13.1. The molecule has 6 heteroatoms. The number of halogens is 1. The summed E-state index contributed by atoms with van der Waals surface area (Å²) in [4.78, 5) is 25.5. The molecule has 1 N–H and O–H groups in total. The second-order valence-corrected chi connectivity index (χ2v) is 6.27. The summed E-state index contributed by atoms with van der Waals surface area (Å²) in [6.07, 6.45) is 0. The number of carbonyl (C=O) groups excluding carboxylic acids is 1. The molecule has 20 heavy (non-hydrogen) atoms. The van der Waals surface area contributed by atoms with Gasteiger partial charge in [0.05, 0.1) is 14.8 Å². The number of nitrogens with zero attached hydrogens (tertiary/aromatic N) is 1. The van der Waals surface area contributed by atoms with Crippen LogP contribution >= 0.6 is 22.9 Å². The van der Waals surface area contributed by atoms with E-state index in [1.807, 2.05) is 0 Å². The van der Waals surface area contributed by atoms with Gasteiger partial charge >= 0.3 is 5.97 Å². The van der Waals surface area contributed by atoms with Gasteiger partial charge in [-0.1, -0.05) is 17.7 Å². The Balaban J connectivity index is 1.83. The number of rotatable bonds is 2. The van der Waals surface area contributed by atoms with Gasteiger partial charge in [-0.05, 0) is 35.4 Å². The van der Waals surface area contributed by atoms with Gasteiger partial charge in [0, 0.05) is 13.1 Å². The Hall–Kier alpha value is -1.85. The lowest BCUT2D eigenvalue weighted by Gasteiger charge is -2.13. The molecule has 0 saturated heterocycles. The fraction of sp³-hybridized carbons (Fsp3) is 0.143. The van der Waals surface area contributed by atoms with Crippen molar-refractivity contribution in [2.24, 2.45) is 0 Å². The smallest absolute Gasteiger partial charge is 0.335 e. The number of hydrogen-bond donors (Lipinski definition) is 1. The quantitative estimate of drug-likeness (QED) is 0.926. The van der Waals surface area contributed by atoms with Crippen molar-refractivity contribution < 1.29 is 14.7 Å². The summed E-state index contributed by atoms with van der Waals surface area (Å²) in [6, 6.07) is 8.38. The Morgan fingerprint density at radius 1 is 1.15 bits per heavy atom. The molecule has 0 unspecified atom stereocenters. The lowest BCUT2D eigenvalue weighted by atomic mass is 10.1. The molecule has 0 aliphatic carbocycles. The van der Waals surface area contributed by atoms with Crippen LogP contribution in [0.4, 0.5) is 0 Å². The predicted molar refractivity (Wildman–Crippen MR) is 76.3 cm³/mol. The second kappa shape index (κ2) is 4.92. The molecule has 3 rings (SSSR count). The van der Waals surface area contributed by atoms with Crippen LogP contribution in [0.5, 0.6) is 0 Å². The van der Waals surface area contributed by atoms with Crippen molar-refractivity contribution in [1.82, 2.24) is 4.90 Å². The fourth-order valence-corrected chi connectivity index (χ4v) is 3.27. The lowest BCUT2D eigenvalue weighted by molar-refractivity contribution is 0.0696. The van der Waals surface area contributed by atoms with E-state index in [1.54, 1.807) is 35.2 Å². The molecule has 2 heterocycles. The summed E-state index contributed by atoms with van der Waals surface area (Å²) in [5.74, 6) is -1.03. The standard InChI is InChI=1S/C14H10ClNO3S/c15-12-4-3-11(20-12)13(17)16-6-9-2-1-8(14(18)19)5-10(9)7-16/h1-5H,6-7H2,(H,18,19). The van der Waals surface area contributed by atoms with E-state index in [1.165, 1.54) is 11.3 Å². The van der Waals surface area contributed by atoms with E-state index in [-0.39, 0.29) is 11.5 Å². The molecule has 1 amide bonds. The molecule has 0 fully saturated rings. The van der Waals surface area contributed by atoms with Gasteiger partial charge in [0.2, 0.25) is 0 Å². The van der Waals surface area contributed by atoms with Crippen LogP contribution in [0.2, 0.25) is 4.34 Å². The average Bonchev–Trinajstić information content (AvgIpc) is 3.02. The van der Waals surface area contributed by atoms with Crippen LogP contribution in [0.15, 0.2) is 30.3 Å². The van der Waals surface area contributed by atoms with Crippen LogP contribution in [0.25, 0.3) is 0 Å². The molecule has 4 nitrogen and oxygen atoms in total. The number of thiophene rings is 1. The Kier molecular flexibility index (Phi) is 3.23. The van der Waals surface area contributed by atoms with Gasteiger partial charge < -0.3 is 10.0 Å². The number of carbonyl (C=O) groups is 2. The summed E-state index contributed by atoms with van der Waals surface area (Å²) in [5.41, 5.74) is 2.13. The van der Waals surface area contributed by atoms with Crippen molar-refractivity contribution in [3.63, 3.8) is 0 Å². The molecular weight excluding hydrogens is 298 g/mol. The van der Waals surface area contributed by atoms with Crippen LogP contribution < -0.4 is 0 Å². The predicted octanol–water partition coefficient (Wildman–Crippen LogP) is 3.26. The number of hydrogen-bond acceptors (Lipinski definition) is 3. The van der Waals surface area contributed by atoms with E-state index >= 15 is 0 Å². The first-order chi connectivity index (χ1) is 9.54. The summed E-state index contributed by atoms with van der Waals surface area (Å²) < 4.78 is 0.582. The van der Waals surface area contributed by atoms with Crippen molar-refractivity contribution in [1.29, 1.82) is 0 Å². The number of benzene rings is 1. The van der Waals surface area contributed by atoms with Crippen LogP contribution in [0.1, 0.15) is 31.2 Å². The molecule has 2 aromatic rings. The van der Waals surface area contributed by atoms with Crippen molar-refractivity contribution in [2.45, 2.75) is 13.1 Å². The lowest BCUT2D eigenvalue weighted by Crippen LogP contribution is -2.24. The number of aromatic carboxylic acids is 1. The monoisotopic (exact) mass is 307 g/mol. The van der Waals surface area contributed by atoms with Crippen molar-refractivity contribution in [2.75, 3.05) is 0 Å². The van der Waals surface area contributed by atoms with E-state index in [0.717, 1.165) is 11.1 Å². The van der Waals surface area contributed by atoms with Gasteiger partial charge in [0.15, 0.2) is 0 Å². The van der Waals surface area contributed by atoms with E-state index in [0.29, 0.717) is 22.3 Å². The first-order valence-electron chi connectivity index (χ1n) is 5.94. The van der Waals surface area contributed by atoms with E-state index in [9.17, 15) is 9.59 Å². The third-order valence-corrected chi connectivity index (χ3v) is 4.47. The van der Waals surface area contributed by atoms with Crippen LogP contribution in [-0.2, 0) is 13.1 Å². The third-order valence-electron chi connectivity index (χ3n) is 3.25. The Labute approximate surface area is 124 Å². The normalized spacial score (nSPS) is 13.3. The molecule has 102 valence electrons. The maximum atomic E-state index is 12.3. The van der Waals surface area contributed by atoms with Gasteiger partial charge in [0.1, 0.15) is 0 Å². The fourth-order valence-electron chi connectivity index (χ4n) is 2.26. The van der Waals surface area contributed by atoms with Crippen LogP contribution in [0, 0.1) is 0 Å². The minimum absolute atomic E-state index is 0.0741. The van der Waals surface area contributed by atoms with Crippen molar-refractivity contribution in [3.05, 3.63) is 56.2 Å². The topological polar surface area (TPSA) is 57.6 Å². The van der Waals surface area contributed by atoms with Crippen LogP contribution in [0.3, 0.4) is 0 Å². The Morgan fingerprint density at radius 2 is 1.90 bits per heavy atom. The van der Waals surface area contributed by atoms with Crippen LogP contribution in [-0.4, -0.2) is 21.9 Å². The zero-order valence-electron chi connectivity index (χ0n) is 10.3. The molecule has 0 atom stereocenters. The summed E-state index contributed by atoms with van der Waals surface area (Å²) >= 11 is 7.09. The van der Waals surface area contributed by atoms with Gasteiger partial charge in [-0.25, -0.2) is 4.79 Å². The summed E-state index contributed by atoms with van der Waals surface area (Å²) in [6.45, 7) is 0.939. The maximum Gasteiger partial charge on any atom is 0.335 e. The highest BCUT2D eigenvalue weighted by molar-refractivity contribution is 7.17. The SMILES string of the molecule is O=C(O)c1ccc2c(c1)CN(C(=O)c1ccc(Cl)s1)C2. The van der Waals surface area contributed by atoms with Crippen molar-refractivity contribution in [3.8, 4) is 0 Å². The molecule has 1 aliphatic heterocycles. The summed E-state index contributed by atoms with van der Waals surface area (Å²) in [5, 5.41) is 8.98. The van der Waals surface area contributed by atoms with Crippen molar-refractivity contribution >= 4 is 34.8 Å². The molecule has 1 aromatic carbocycles. The second-order valence-electron chi connectivity index (χ2n) is 4.55. The highest BCUT2D eigenvalue weighted by atomic mass is 35.5. The molecule has 0 radical (unpaired) electrons. The van der Waals surface area contributed by atoms with E-state index < -0.39 is 5.97 Å². The van der Waals surface area contributed by atoms with Gasteiger partial charge in [-0.15, -0.1) is 11.3 Å². The van der Waals surface area contributed by atoms with E-state index in [2.05, 4.69) is 0 Å². The average molecular weight is 308 g/mol. The minimum Gasteiger partial charge on any atom is -0.478 e. The number of fused-ring (bicyclic) bond motifs is 1.